The van der Waals surface area contributed by atoms with Crippen molar-refractivity contribution in [3.63, 3.8) is 0 Å². The second-order valence-electron chi connectivity index (χ2n) is 4.96. The van der Waals surface area contributed by atoms with E-state index in [2.05, 4.69) is 13.8 Å². The Morgan fingerprint density at radius 3 is 2.58 bits per heavy atom. The summed E-state index contributed by atoms with van der Waals surface area (Å²) in [5.74, 6) is -0.581. The van der Waals surface area contributed by atoms with Crippen molar-refractivity contribution < 1.29 is 19.4 Å². The van der Waals surface area contributed by atoms with Gasteiger partial charge < -0.3 is 14.4 Å². The van der Waals surface area contributed by atoms with E-state index >= 15 is 0 Å². The molecule has 1 aromatic rings. The van der Waals surface area contributed by atoms with Crippen molar-refractivity contribution in [3.05, 3.63) is 23.5 Å². The highest BCUT2D eigenvalue weighted by Gasteiger charge is 2.14. The number of nitrogens with zero attached hydrogens (tertiary/aromatic N) is 1. The van der Waals surface area contributed by atoms with Gasteiger partial charge in [-0.1, -0.05) is 13.8 Å². The van der Waals surface area contributed by atoms with Gasteiger partial charge in [-0.15, -0.1) is 0 Å². The summed E-state index contributed by atoms with van der Waals surface area (Å²) >= 11 is 0. The molecule has 0 bridgehead atoms. The molecule has 5 heteroatoms. The first-order valence-corrected chi connectivity index (χ1v) is 6.44. The Balaban J connectivity index is 2.57. The molecule has 1 rings (SSSR count). The molecule has 0 amide bonds. The molecular formula is C14H21NO4. The molecule has 0 saturated heterocycles. The summed E-state index contributed by atoms with van der Waals surface area (Å²) < 4.78 is 7.00. The molecule has 1 N–H and O–H groups in total. The lowest BCUT2D eigenvalue weighted by atomic mass is 10.1. The van der Waals surface area contributed by atoms with E-state index in [-0.39, 0.29) is 11.5 Å². The molecule has 0 aliphatic carbocycles. The fourth-order valence-corrected chi connectivity index (χ4v) is 1.65. The molecule has 0 fully saturated rings. The van der Waals surface area contributed by atoms with Crippen LogP contribution in [-0.2, 0) is 11.3 Å². The zero-order valence-corrected chi connectivity index (χ0v) is 11.7. The van der Waals surface area contributed by atoms with Gasteiger partial charge in [0.1, 0.15) is 5.69 Å². The fraction of sp³-hybridized carbons (Fsp3) is 0.571. The number of carboxylic acids is 1. The summed E-state index contributed by atoms with van der Waals surface area (Å²) in [6.45, 7) is 7.21. The van der Waals surface area contributed by atoms with Crippen LogP contribution in [0.5, 0.6) is 0 Å². The quantitative estimate of drug-likeness (QED) is 0.580. The minimum Gasteiger partial charge on any atom is -0.477 e. The van der Waals surface area contributed by atoms with Crippen LogP contribution in [0.25, 0.3) is 0 Å². The highest BCUT2D eigenvalue weighted by molar-refractivity contribution is 5.97. The number of carbonyl (C=O) groups is 2. The molecule has 1 heterocycles. The summed E-state index contributed by atoms with van der Waals surface area (Å²) in [4.78, 5) is 22.3. The molecule has 0 atom stereocenters. The molecule has 1 aromatic heterocycles. The first-order valence-electron chi connectivity index (χ1n) is 6.44. The second-order valence-corrected chi connectivity index (χ2v) is 4.96. The van der Waals surface area contributed by atoms with Gasteiger partial charge in [0.05, 0.1) is 6.61 Å². The average molecular weight is 267 g/mol. The van der Waals surface area contributed by atoms with E-state index in [1.54, 1.807) is 10.8 Å². The van der Waals surface area contributed by atoms with E-state index in [9.17, 15) is 9.59 Å². The van der Waals surface area contributed by atoms with Crippen molar-refractivity contribution in [2.45, 2.75) is 33.7 Å². The smallest absolute Gasteiger partial charge is 0.352 e. The Labute approximate surface area is 113 Å². The lowest BCUT2D eigenvalue weighted by Gasteiger charge is -2.08. The molecular weight excluding hydrogens is 246 g/mol. The third-order valence-corrected chi connectivity index (χ3v) is 2.84. The number of carbonyl (C=O) groups excluding carboxylic acids is 1. The lowest BCUT2D eigenvalue weighted by molar-refractivity contribution is 0.0679. The molecule has 0 aliphatic rings. The topological polar surface area (TPSA) is 68.5 Å². The molecule has 19 heavy (non-hydrogen) atoms. The number of hydrogen-bond donors (Lipinski definition) is 1. The van der Waals surface area contributed by atoms with Crippen molar-refractivity contribution in [3.8, 4) is 0 Å². The number of hydrogen-bond acceptors (Lipinski definition) is 3. The molecule has 0 spiro atoms. The summed E-state index contributed by atoms with van der Waals surface area (Å²) in [7, 11) is 0. The van der Waals surface area contributed by atoms with Crippen LogP contribution in [0.2, 0.25) is 0 Å². The van der Waals surface area contributed by atoms with Crippen LogP contribution in [-0.4, -0.2) is 34.6 Å². The van der Waals surface area contributed by atoms with Crippen molar-refractivity contribution >= 4 is 11.8 Å². The van der Waals surface area contributed by atoms with Crippen molar-refractivity contribution in [2.24, 2.45) is 5.92 Å². The van der Waals surface area contributed by atoms with Crippen molar-refractivity contribution in [1.29, 1.82) is 0 Å². The van der Waals surface area contributed by atoms with Gasteiger partial charge in [0.15, 0.2) is 5.78 Å². The van der Waals surface area contributed by atoms with Gasteiger partial charge in [0, 0.05) is 24.9 Å². The third-order valence-electron chi connectivity index (χ3n) is 2.84. The van der Waals surface area contributed by atoms with E-state index in [4.69, 9.17) is 9.84 Å². The molecule has 0 unspecified atom stereocenters. The van der Waals surface area contributed by atoms with Crippen LogP contribution in [0.4, 0.5) is 0 Å². The molecule has 0 aliphatic heterocycles. The summed E-state index contributed by atoms with van der Waals surface area (Å²) in [6, 6.07) is 1.40. The van der Waals surface area contributed by atoms with Crippen molar-refractivity contribution in [2.75, 3.05) is 13.2 Å². The van der Waals surface area contributed by atoms with Gasteiger partial charge in [-0.2, -0.15) is 0 Å². The Morgan fingerprint density at radius 1 is 1.37 bits per heavy atom. The standard InChI is InChI=1S/C14H21NO4/c1-10(2)4-6-19-7-5-15-9-12(11(3)16)8-13(15)14(17)18/h8-10H,4-7H2,1-3H3,(H,17,18). The second kappa shape index (κ2) is 7.09. The number of ether oxygens (including phenoxy) is 1. The average Bonchev–Trinajstić information content (AvgIpc) is 2.72. The third kappa shape index (κ3) is 4.87. The van der Waals surface area contributed by atoms with E-state index in [0.29, 0.717) is 31.2 Å². The Hall–Kier alpha value is -1.62. The van der Waals surface area contributed by atoms with Gasteiger partial charge in [0.25, 0.3) is 0 Å². The number of aromatic carboxylic acids is 1. The maximum atomic E-state index is 11.2. The summed E-state index contributed by atoms with van der Waals surface area (Å²) in [5, 5.41) is 9.06. The van der Waals surface area contributed by atoms with E-state index in [1.165, 1.54) is 13.0 Å². The van der Waals surface area contributed by atoms with E-state index < -0.39 is 5.97 Å². The van der Waals surface area contributed by atoms with Gasteiger partial charge >= 0.3 is 5.97 Å². The molecule has 0 radical (unpaired) electrons. The van der Waals surface area contributed by atoms with Gasteiger partial charge in [-0.3, -0.25) is 4.79 Å². The van der Waals surface area contributed by atoms with Crippen LogP contribution in [0, 0.1) is 5.92 Å². The highest BCUT2D eigenvalue weighted by atomic mass is 16.5. The maximum Gasteiger partial charge on any atom is 0.352 e. The Kier molecular flexibility index (Phi) is 5.76. The molecule has 5 nitrogen and oxygen atoms in total. The predicted molar refractivity (Wildman–Crippen MR) is 71.7 cm³/mol. The Bertz CT molecular complexity index is 448. The Morgan fingerprint density at radius 2 is 2.05 bits per heavy atom. The predicted octanol–water partition coefficient (Wildman–Crippen LogP) is 2.45. The maximum absolute atomic E-state index is 11.2. The first kappa shape index (κ1) is 15.4. The SMILES string of the molecule is CC(=O)c1cc(C(=O)O)n(CCOCCC(C)C)c1. The molecule has 0 saturated carbocycles. The largest absolute Gasteiger partial charge is 0.477 e. The zero-order valence-electron chi connectivity index (χ0n) is 11.7. The molecule has 0 aromatic carbocycles. The number of carboxylic acid groups (broad SMARTS) is 1. The fourth-order valence-electron chi connectivity index (χ4n) is 1.65. The minimum atomic E-state index is -1.03. The van der Waals surface area contributed by atoms with Crippen molar-refractivity contribution in [1.82, 2.24) is 4.57 Å². The first-order chi connectivity index (χ1) is 8.91. The zero-order chi connectivity index (χ0) is 14.4. The van der Waals surface area contributed by atoms with E-state index in [0.717, 1.165) is 6.42 Å². The van der Waals surface area contributed by atoms with Gasteiger partial charge in [-0.05, 0) is 25.3 Å². The number of Topliss-reactive ketones (excluding diaryl/α,β-unsaturated/α-hetero) is 1. The number of aromatic nitrogens is 1. The lowest BCUT2D eigenvalue weighted by Crippen LogP contribution is -2.12. The van der Waals surface area contributed by atoms with Crippen LogP contribution < -0.4 is 0 Å². The van der Waals surface area contributed by atoms with E-state index in [1.807, 2.05) is 0 Å². The summed E-state index contributed by atoms with van der Waals surface area (Å²) in [5.41, 5.74) is 0.539. The van der Waals surface area contributed by atoms with Crippen LogP contribution in [0.15, 0.2) is 12.3 Å². The van der Waals surface area contributed by atoms with Gasteiger partial charge in [-0.25, -0.2) is 4.79 Å². The highest BCUT2D eigenvalue weighted by Crippen LogP contribution is 2.10. The summed E-state index contributed by atoms with van der Waals surface area (Å²) in [6.07, 6.45) is 2.55. The normalized spacial score (nSPS) is 10.9. The number of ketones is 1. The van der Waals surface area contributed by atoms with Gasteiger partial charge in [0.2, 0.25) is 0 Å². The molecule has 106 valence electrons. The minimum absolute atomic E-state index is 0.123. The number of rotatable bonds is 8. The van der Waals surface area contributed by atoms with Crippen LogP contribution in [0.3, 0.4) is 0 Å². The monoisotopic (exact) mass is 267 g/mol. The van der Waals surface area contributed by atoms with Crippen LogP contribution >= 0.6 is 0 Å². The van der Waals surface area contributed by atoms with Crippen LogP contribution in [0.1, 0.15) is 48.0 Å².